The highest BCUT2D eigenvalue weighted by atomic mass is 16.7. The van der Waals surface area contributed by atoms with Gasteiger partial charge in [0.15, 0.2) is 11.5 Å². The van der Waals surface area contributed by atoms with Gasteiger partial charge in [-0.05, 0) is 64.2 Å². The first kappa shape index (κ1) is 32.7. The summed E-state index contributed by atoms with van der Waals surface area (Å²) in [7, 11) is 0. The number of aliphatic carboxylic acids is 1. The average molecular weight is 540 g/mol. The number of esters is 1. The first-order valence-electron chi connectivity index (χ1n) is 12.6. The summed E-state index contributed by atoms with van der Waals surface area (Å²) in [6.45, 7) is 15.7. The lowest BCUT2D eigenvalue weighted by Crippen LogP contribution is -2.59. The van der Waals surface area contributed by atoms with Gasteiger partial charge in [0.25, 0.3) is 5.72 Å². The third kappa shape index (κ3) is 11.4. The molecule has 1 rings (SSSR count). The largest absolute Gasteiger partial charge is 0.514 e. The second-order valence-electron chi connectivity index (χ2n) is 10.8. The van der Waals surface area contributed by atoms with Crippen LogP contribution in [0.3, 0.4) is 0 Å². The zero-order valence-corrected chi connectivity index (χ0v) is 23.7. The van der Waals surface area contributed by atoms with E-state index in [0.717, 1.165) is 0 Å². The number of carboxylic acid groups (broad SMARTS) is 1. The summed E-state index contributed by atoms with van der Waals surface area (Å²) >= 11 is 0. The predicted octanol–water partition coefficient (Wildman–Crippen LogP) is 5.23. The van der Waals surface area contributed by atoms with E-state index in [1.54, 1.807) is 34.6 Å². The summed E-state index contributed by atoms with van der Waals surface area (Å²) in [6, 6.07) is 3.78. The molecule has 0 heterocycles. The molecule has 0 aliphatic rings. The van der Waals surface area contributed by atoms with Crippen LogP contribution in [0.4, 0.5) is 9.59 Å². The maximum Gasteiger partial charge on any atom is 0.514 e. The van der Waals surface area contributed by atoms with Crippen LogP contribution in [-0.4, -0.2) is 53.3 Å². The van der Waals surface area contributed by atoms with E-state index in [1.807, 2.05) is 27.7 Å². The van der Waals surface area contributed by atoms with Crippen LogP contribution < -0.4 is 14.8 Å². The minimum Gasteiger partial charge on any atom is -0.477 e. The average Bonchev–Trinajstić information content (AvgIpc) is 2.72. The third-order valence-corrected chi connectivity index (χ3v) is 4.91. The number of hydrogen-bond acceptors (Lipinski definition) is 10. The summed E-state index contributed by atoms with van der Waals surface area (Å²) in [5.41, 5.74) is -2.24. The van der Waals surface area contributed by atoms with Crippen molar-refractivity contribution >= 4 is 24.2 Å². The molecular formula is C27H41NO10. The number of rotatable bonds is 12. The zero-order chi connectivity index (χ0) is 29.3. The van der Waals surface area contributed by atoms with Crippen molar-refractivity contribution in [2.24, 2.45) is 5.41 Å². The number of hydrogen-bond donors (Lipinski definition) is 2. The molecule has 1 aromatic rings. The topological polar surface area (TPSA) is 147 Å². The van der Waals surface area contributed by atoms with E-state index in [-0.39, 0.29) is 30.4 Å². The van der Waals surface area contributed by atoms with Crippen LogP contribution in [-0.2, 0) is 30.2 Å². The van der Waals surface area contributed by atoms with Crippen molar-refractivity contribution in [2.75, 3.05) is 0 Å². The molecule has 0 aliphatic heterocycles. The molecule has 214 valence electrons. The van der Waals surface area contributed by atoms with Crippen molar-refractivity contribution in [2.45, 2.75) is 106 Å². The second kappa shape index (κ2) is 14.0. The molecule has 0 saturated carbocycles. The number of nitrogens with one attached hydrogen (secondary N) is 1. The number of carbonyl (C=O) groups is 4. The highest BCUT2D eigenvalue weighted by molar-refractivity contribution is 5.82. The summed E-state index contributed by atoms with van der Waals surface area (Å²) in [4.78, 5) is 49.6. The van der Waals surface area contributed by atoms with Crippen molar-refractivity contribution < 1.29 is 48.0 Å². The monoisotopic (exact) mass is 539 g/mol. The van der Waals surface area contributed by atoms with Gasteiger partial charge in [-0.3, -0.25) is 10.1 Å². The smallest absolute Gasteiger partial charge is 0.477 e. The first-order valence-corrected chi connectivity index (χ1v) is 12.6. The Morgan fingerprint density at radius 1 is 0.895 bits per heavy atom. The van der Waals surface area contributed by atoms with E-state index in [4.69, 9.17) is 23.7 Å². The number of carboxylic acids is 1. The molecule has 0 bridgehead atoms. The van der Waals surface area contributed by atoms with Crippen molar-refractivity contribution in [3.8, 4) is 11.5 Å². The van der Waals surface area contributed by atoms with Gasteiger partial charge in [0, 0.05) is 12.5 Å². The van der Waals surface area contributed by atoms with Gasteiger partial charge in [0.2, 0.25) is 0 Å². The van der Waals surface area contributed by atoms with Gasteiger partial charge in [0.05, 0.1) is 18.6 Å². The minimum absolute atomic E-state index is 0.00956. The number of benzene rings is 1. The molecule has 2 N–H and O–H groups in total. The van der Waals surface area contributed by atoms with Crippen LogP contribution in [0, 0.1) is 5.41 Å². The lowest BCUT2D eigenvalue weighted by Gasteiger charge is -2.34. The highest BCUT2D eigenvalue weighted by Gasteiger charge is 2.44. The van der Waals surface area contributed by atoms with Crippen LogP contribution >= 0.6 is 0 Å². The van der Waals surface area contributed by atoms with E-state index in [1.165, 1.54) is 18.2 Å². The van der Waals surface area contributed by atoms with Gasteiger partial charge in [-0.1, -0.05) is 33.8 Å². The van der Waals surface area contributed by atoms with Crippen molar-refractivity contribution in [1.29, 1.82) is 0 Å². The minimum atomic E-state index is -2.12. The molecule has 0 amide bonds. The predicted molar refractivity (Wildman–Crippen MR) is 138 cm³/mol. The maximum atomic E-state index is 12.7. The van der Waals surface area contributed by atoms with Crippen molar-refractivity contribution in [3.05, 3.63) is 23.8 Å². The Kier molecular flexibility index (Phi) is 12.0. The molecule has 11 nitrogen and oxygen atoms in total. The van der Waals surface area contributed by atoms with Crippen LogP contribution in [0.25, 0.3) is 0 Å². The van der Waals surface area contributed by atoms with Crippen LogP contribution in [0.15, 0.2) is 18.2 Å². The quantitative estimate of drug-likeness (QED) is 0.156. The Labute approximate surface area is 224 Å². The summed E-state index contributed by atoms with van der Waals surface area (Å²) in [5, 5.41) is 13.1. The van der Waals surface area contributed by atoms with Gasteiger partial charge < -0.3 is 28.8 Å². The van der Waals surface area contributed by atoms with E-state index in [9.17, 15) is 24.3 Å². The summed E-state index contributed by atoms with van der Waals surface area (Å²) in [6.07, 6.45) is -2.79. The normalized spacial score (nSPS) is 13.9. The first-order chi connectivity index (χ1) is 17.5. The Morgan fingerprint density at radius 3 is 1.87 bits per heavy atom. The van der Waals surface area contributed by atoms with Crippen molar-refractivity contribution in [1.82, 2.24) is 5.32 Å². The molecule has 0 radical (unpaired) electrons. The fraction of sp³-hybridized carbons (Fsp3) is 0.630. The molecule has 38 heavy (non-hydrogen) atoms. The van der Waals surface area contributed by atoms with Gasteiger partial charge in [-0.15, -0.1) is 0 Å². The molecule has 0 fully saturated rings. The Bertz CT molecular complexity index is 983. The van der Waals surface area contributed by atoms with Crippen LogP contribution in [0.1, 0.15) is 80.7 Å². The molecule has 0 aliphatic carbocycles. The van der Waals surface area contributed by atoms with Gasteiger partial charge in [-0.2, -0.15) is 0 Å². The van der Waals surface area contributed by atoms with Gasteiger partial charge >= 0.3 is 24.2 Å². The lowest BCUT2D eigenvalue weighted by molar-refractivity contribution is -0.185. The molecule has 1 unspecified atom stereocenters. The lowest BCUT2D eigenvalue weighted by atomic mass is 9.92. The summed E-state index contributed by atoms with van der Waals surface area (Å²) in [5.74, 6) is -2.45. The van der Waals surface area contributed by atoms with Crippen LogP contribution in [0.5, 0.6) is 11.5 Å². The van der Waals surface area contributed by atoms with Crippen molar-refractivity contribution in [3.63, 3.8) is 0 Å². The maximum absolute atomic E-state index is 12.7. The Morgan fingerprint density at radius 2 is 1.42 bits per heavy atom. The van der Waals surface area contributed by atoms with E-state index >= 15 is 0 Å². The van der Waals surface area contributed by atoms with Gasteiger partial charge in [0.1, 0.15) is 0 Å². The standard InChI is InChI=1S/C27H41NO10/c1-10-18(6)28-27(23(30)31,38-22(29)15-26(7,8)9)14-19-11-12-20(36-24(32)34-16(2)3)21(13-19)37-25(33)35-17(4)5/h11-13,16-18,28H,10,14-15H2,1-9H3,(H,30,31)/t18?,27-/m0/s1. The zero-order valence-electron chi connectivity index (χ0n) is 23.7. The molecule has 0 spiro atoms. The molecule has 2 atom stereocenters. The summed E-state index contributed by atoms with van der Waals surface area (Å²) < 4.78 is 26.0. The fourth-order valence-corrected chi connectivity index (χ4v) is 3.19. The molecule has 11 heteroatoms. The number of ether oxygens (including phenoxy) is 5. The Hall–Kier alpha value is -3.34. The SMILES string of the molecule is CCC(C)N[C@@](Cc1ccc(OC(=O)OC(C)C)c(OC(=O)OC(C)C)c1)(OC(=O)CC(C)(C)C)C(=O)O. The molecular weight excluding hydrogens is 498 g/mol. The second-order valence-corrected chi connectivity index (χ2v) is 10.8. The van der Waals surface area contributed by atoms with E-state index < -0.39 is 47.6 Å². The van der Waals surface area contributed by atoms with Crippen LogP contribution in [0.2, 0.25) is 0 Å². The van der Waals surface area contributed by atoms with Gasteiger partial charge in [-0.25, -0.2) is 14.4 Å². The highest BCUT2D eigenvalue weighted by Crippen LogP contribution is 2.32. The fourth-order valence-electron chi connectivity index (χ4n) is 3.19. The number of carbonyl (C=O) groups excluding carboxylic acids is 3. The van der Waals surface area contributed by atoms with E-state index in [2.05, 4.69) is 5.32 Å². The van der Waals surface area contributed by atoms with E-state index in [0.29, 0.717) is 12.0 Å². The third-order valence-electron chi connectivity index (χ3n) is 4.91. The Balaban J connectivity index is 3.47. The molecule has 0 saturated heterocycles. The molecule has 1 aromatic carbocycles. The molecule has 0 aromatic heterocycles.